The summed E-state index contributed by atoms with van der Waals surface area (Å²) >= 11 is 0. The fourth-order valence-electron chi connectivity index (χ4n) is 3.96. The third-order valence-electron chi connectivity index (χ3n) is 5.88. The molecule has 1 aromatic rings. The van der Waals surface area contributed by atoms with Crippen LogP contribution in [-0.2, 0) is 25.6 Å². The Morgan fingerprint density at radius 2 is 1.36 bits per heavy atom. The van der Waals surface area contributed by atoms with Crippen LogP contribution in [0.3, 0.4) is 0 Å². The quantitative estimate of drug-likeness (QED) is 0.0812. The highest BCUT2D eigenvalue weighted by atomic mass is 16.4. The van der Waals surface area contributed by atoms with Crippen molar-refractivity contribution in [3.8, 4) is 0 Å². The maximum absolute atomic E-state index is 13.3. The van der Waals surface area contributed by atoms with E-state index in [-0.39, 0.29) is 37.2 Å². The molecular weight excluding hydrogens is 502 g/mol. The first-order chi connectivity index (χ1) is 18.3. The van der Waals surface area contributed by atoms with Gasteiger partial charge in [-0.05, 0) is 43.1 Å². The summed E-state index contributed by atoms with van der Waals surface area (Å²) in [4.78, 5) is 55.0. The molecule has 0 bridgehead atoms. The summed E-state index contributed by atoms with van der Waals surface area (Å²) in [6, 6.07) is 4.89. The number of carboxylic acids is 1. The number of rotatable bonds is 17. The molecule has 12 heteroatoms. The van der Waals surface area contributed by atoms with Crippen LogP contribution in [0.1, 0.15) is 58.9 Å². The zero-order valence-corrected chi connectivity index (χ0v) is 23.4. The second-order valence-corrected chi connectivity index (χ2v) is 10.5. The van der Waals surface area contributed by atoms with E-state index in [4.69, 9.17) is 17.2 Å². The minimum Gasteiger partial charge on any atom is -0.480 e. The molecule has 0 radical (unpaired) electrons. The molecule has 218 valence electrons. The van der Waals surface area contributed by atoms with Gasteiger partial charge < -0.3 is 38.3 Å². The molecule has 0 spiro atoms. The zero-order chi connectivity index (χ0) is 29.5. The van der Waals surface area contributed by atoms with Crippen LogP contribution in [0.2, 0.25) is 0 Å². The first-order valence-corrected chi connectivity index (χ1v) is 13.3. The number of carbonyl (C=O) groups is 4. The van der Waals surface area contributed by atoms with Crippen molar-refractivity contribution in [2.75, 3.05) is 6.54 Å². The van der Waals surface area contributed by atoms with Crippen LogP contribution in [-0.4, -0.2) is 65.5 Å². The van der Waals surface area contributed by atoms with Crippen molar-refractivity contribution in [1.29, 1.82) is 0 Å². The molecule has 12 nitrogen and oxygen atoms in total. The van der Waals surface area contributed by atoms with Crippen LogP contribution < -0.4 is 33.2 Å². The molecule has 10 N–H and O–H groups in total. The molecule has 0 saturated carbocycles. The number of aliphatic imine (C=N–C) groups is 1. The van der Waals surface area contributed by atoms with Crippen molar-refractivity contribution < 1.29 is 24.3 Å². The Labute approximate surface area is 230 Å². The summed E-state index contributed by atoms with van der Waals surface area (Å²) in [5.74, 6) is -2.74. The van der Waals surface area contributed by atoms with Crippen LogP contribution in [0.4, 0.5) is 0 Å². The average molecular weight is 548 g/mol. The highest BCUT2D eigenvalue weighted by Crippen LogP contribution is 2.10. The molecule has 0 aliphatic carbocycles. The largest absolute Gasteiger partial charge is 0.480 e. The molecular formula is C27H45N7O5. The number of nitrogens with one attached hydrogen (secondary N) is 3. The lowest BCUT2D eigenvalue weighted by atomic mass is 10.00. The predicted octanol–water partition coefficient (Wildman–Crippen LogP) is 0.241. The van der Waals surface area contributed by atoms with Gasteiger partial charge in [0.2, 0.25) is 17.7 Å². The molecule has 1 aromatic carbocycles. The van der Waals surface area contributed by atoms with Gasteiger partial charge in [-0.1, -0.05) is 58.0 Å². The maximum atomic E-state index is 13.3. The summed E-state index contributed by atoms with van der Waals surface area (Å²) in [6.07, 6.45) is 1.32. The lowest BCUT2D eigenvalue weighted by Crippen LogP contribution is -2.57. The second-order valence-electron chi connectivity index (χ2n) is 10.5. The molecule has 0 saturated heterocycles. The molecule has 0 aliphatic rings. The van der Waals surface area contributed by atoms with Crippen molar-refractivity contribution >= 4 is 29.7 Å². The summed E-state index contributed by atoms with van der Waals surface area (Å²) < 4.78 is 0. The fraction of sp³-hybridized carbons (Fsp3) is 0.593. The number of amides is 3. The molecule has 3 amide bonds. The van der Waals surface area contributed by atoms with Crippen molar-refractivity contribution in [2.24, 2.45) is 34.0 Å². The van der Waals surface area contributed by atoms with E-state index in [1.54, 1.807) is 24.3 Å². The number of carboxylic acid groups (broad SMARTS) is 1. The monoisotopic (exact) mass is 547 g/mol. The molecule has 1 rings (SSSR count). The molecule has 0 aliphatic heterocycles. The van der Waals surface area contributed by atoms with Crippen molar-refractivity contribution in [3.63, 3.8) is 0 Å². The highest BCUT2D eigenvalue weighted by molar-refractivity contribution is 5.94. The van der Waals surface area contributed by atoms with Crippen molar-refractivity contribution in [1.82, 2.24) is 16.0 Å². The van der Waals surface area contributed by atoms with E-state index in [0.717, 1.165) is 5.56 Å². The smallest absolute Gasteiger partial charge is 0.326 e. The molecule has 0 aromatic heterocycles. The maximum Gasteiger partial charge on any atom is 0.326 e. The van der Waals surface area contributed by atoms with Gasteiger partial charge in [0.05, 0.1) is 6.04 Å². The van der Waals surface area contributed by atoms with Gasteiger partial charge in [0, 0.05) is 13.0 Å². The van der Waals surface area contributed by atoms with Gasteiger partial charge in [0.25, 0.3) is 0 Å². The van der Waals surface area contributed by atoms with E-state index in [1.807, 2.05) is 33.8 Å². The van der Waals surface area contributed by atoms with E-state index >= 15 is 0 Å². The van der Waals surface area contributed by atoms with Crippen LogP contribution in [0, 0.1) is 11.8 Å². The van der Waals surface area contributed by atoms with Crippen LogP contribution >= 0.6 is 0 Å². The van der Waals surface area contributed by atoms with E-state index < -0.39 is 47.9 Å². The number of hydrogen-bond donors (Lipinski definition) is 7. The average Bonchev–Trinajstić information content (AvgIpc) is 2.84. The number of nitrogens with zero attached hydrogens (tertiary/aromatic N) is 1. The highest BCUT2D eigenvalue weighted by Gasteiger charge is 2.30. The summed E-state index contributed by atoms with van der Waals surface area (Å²) in [5.41, 5.74) is 17.5. The predicted molar refractivity (Wildman–Crippen MR) is 150 cm³/mol. The van der Waals surface area contributed by atoms with E-state index in [1.165, 1.54) is 0 Å². The van der Waals surface area contributed by atoms with Crippen LogP contribution in [0.15, 0.2) is 35.3 Å². The third-order valence-corrected chi connectivity index (χ3v) is 5.88. The van der Waals surface area contributed by atoms with Gasteiger partial charge in [0.15, 0.2) is 5.96 Å². The lowest BCUT2D eigenvalue weighted by Gasteiger charge is -2.26. The summed E-state index contributed by atoms with van der Waals surface area (Å²) in [7, 11) is 0. The Morgan fingerprint density at radius 1 is 0.821 bits per heavy atom. The first kappa shape index (κ1) is 33.4. The number of benzene rings is 1. The third kappa shape index (κ3) is 13.6. The summed E-state index contributed by atoms with van der Waals surface area (Å²) in [5, 5.41) is 17.7. The van der Waals surface area contributed by atoms with E-state index in [9.17, 15) is 24.3 Å². The molecule has 4 unspecified atom stereocenters. The lowest BCUT2D eigenvalue weighted by molar-refractivity contribution is -0.142. The summed E-state index contributed by atoms with van der Waals surface area (Å²) in [6.45, 7) is 7.91. The van der Waals surface area contributed by atoms with Gasteiger partial charge in [-0.25, -0.2) is 4.79 Å². The number of hydrogen-bond acceptors (Lipinski definition) is 6. The van der Waals surface area contributed by atoms with E-state index in [2.05, 4.69) is 20.9 Å². The van der Waals surface area contributed by atoms with Crippen molar-refractivity contribution in [3.05, 3.63) is 35.9 Å². The number of nitrogens with two attached hydrogens (primary N) is 3. The minimum atomic E-state index is -1.21. The standard InChI is InChI=1S/C27H45N7O5/c1-16(2)13-19(28)23(35)33-21(14-17(3)4)25(37)32-20(11-8-12-31-27(29)30)24(36)34-22(26(38)39)15-18-9-6-5-7-10-18/h5-7,9-10,16-17,19-22H,8,11-15,28H2,1-4H3,(H,32,37)(H,33,35)(H,34,36)(H,38,39)(H4,29,30,31). The Hall–Kier alpha value is -3.67. The van der Waals surface area contributed by atoms with Crippen LogP contribution in [0.25, 0.3) is 0 Å². The molecule has 4 atom stereocenters. The number of carbonyl (C=O) groups excluding carboxylic acids is 3. The Bertz CT molecular complexity index is 965. The topological polar surface area (TPSA) is 215 Å². The fourth-order valence-corrected chi connectivity index (χ4v) is 3.96. The SMILES string of the molecule is CC(C)CC(N)C(=O)NC(CC(C)C)C(=O)NC(CCCN=C(N)N)C(=O)NC(Cc1ccccc1)C(=O)O. The van der Waals surface area contributed by atoms with E-state index in [0.29, 0.717) is 19.3 Å². The van der Waals surface area contributed by atoms with Gasteiger partial charge in [-0.2, -0.15) is 0 Å². The Balaban J connectivity index is 3.07. The Morgan fingerprint density at radius 3 is 1.90 bits per heavy atom. The Kier molecular flexibility index (Phi) is 14.6. The normalized spacial score (nSPS) is 14.1. The van der Waals surface area contributed by atoms with Crippen LogP contribution in [0.5, 0.6) is 0 Å². The number of guanidine groups is 1. The zero-order valence-electron chi connectivity index (χ0n) is 23.4. The molecule has 39 heavy (non-hydrogen) atoms. The minimum absolute atomic E-state index is 0.0544. The van der Waals surface area contributed by atoms with Gasteiger partial charge in [-0.3, -0.25) is 19.4 Å². The number of aliphatic carboxylic acids is 1. The van der Waals surface area contributed by atoms with Crippen molar-refractivity contribution in [2.45, 2.75) is 84.0 Å². The molecule has 0 heterocycles. The van der Waals surface area contributed by atoms with Gasteiger partial charge in [0.1, 0.15) is 18.1 Å². The second kappa shape index (κ2) is 17.0. The van der Waals surface area contributed by atoms with Gasteiger partial charge in [-0.15, -0.1) is 0 Å². The van der Waals surface area contributed by atoms with Gasteiger partial charge >= 0.3 is 5.97 Å². The molecule has 0 fully saturated rings. The first-order valence-electron chi connectivity index (χ1n) is 13.3.